The molecule has 0 aliphatic rings. The fourth-order valence-corrected chi connectivity index (χ4v) is 1.84. The molecule has 0 aromatic heterocycles. The first-order valence-corrected chi connectivity index (χ1v) is 7.38. The van der Waals surface area contributed by atoms with E-state index in [2.05, 4.69) is 0 Å². The second kappa shape index (κ2) is 7.67. The van der Waals surface area contributed by atoms with Gasteiger partial charge >= 0.3 is 58.8 Å². The van der Waals surface area contributed by atoms with E-state index in [0.29, 0.717) is 0 Å². The van der Waals surface area contributed by atoms with E-state index in [1.165, 1.54) is 0 Å². The lowest BCUT2D eigenvalue weighted by Crippen LogP contribution is -2.76. The largest absolute Gasteiger partial charge is 0.460 e. The van der Waals surface area contributed by atoms with Gasteiger partial charge in [-0.05, 0) is 0 Å². The third kappa shape index (κ3) is 3.74. The molecule has 0 atom stereocenters. The van der Waals surface area contributed by atoms with E-state index >= 15 is 0 Å². The van der Waals surface area contributed by atoms with E-state index in [0.717, 1.165) is 0 Å². The third-order valence-electron chi connectivity index (χ3n) is 3.60. The van der Waals surface area contributed by atoms with Crippen molar-refractivity contribution in [3.05, 3.63) is 0 Å². The van der Waals surface area contributed by atoms with E-state index in [1.54, 1.807) is 0 Å². The monoisotopic (exact) mass is 568 g/mol. The lowest BCUT2D eigenvalue weighted by molar-refractivity contribution is -0.472. The maximum Gasteiger partial charge on any atom is 0.460 e. The highest BCUT2D eigenvalue weighted by Crippen LogP contribution is 2.66. The van der Waals surface area contributed by atoms with Crippen molar-refractivity contribution >= 4 is 12.0 Å². The van der Waals surface area contributed by atoms with Crippen LogP contribution in [0.1, 0.15) is 0 Å². The Morgan fingerprint density at radius 2 is 0.485 bits per heavy atom. The molecule has 0 aliphatic heterocycles. The normalized spacial score (nSPS) is 16.9. The number of hydrogen-bond donors (Lipinski definition) is 1. The average Bonchev–Trinajstić information content (AvgIpc) is 2.59. The highest BCUT2D eigenvalue weighted by Gasteiger charge is 2.97. The Morgan fingerprint density at radius 3 is 0.667 bits per heavy atom. The summed E-state index contributed by atoms with van der Waals surface area (Å²) >= 11 is -2.81. The Balaban J connectivity index is 7.03. The summed E-state index contributed by atoms with van der Waals surface area (Å²) in [5, 5.41) is -7.01. The smallest absolute Gasteiger partial charge is 0.325 e. The van der Waals surface area contributed by atoms with Gasteiger partial charge in [-0.3, -0.25) is 0 Å². The average molecular weight is 568 g/mol. The molecular formula is C10HF21OS. The van der Waals surface area contributed by atoms with Gasteiger partial charge < -0.3 is 4.55 Å². The maximum absolute atomic E-state index is 13.2. The molecule has 0 radical (unpaired) electrons. The Morgan fingerprint density at radius 1 is 0.303 bits per heavy atom. The van der Waals surface area contributed by atoms with Crippen LogP contribution in [0.15, 0.2) is 0 Å². The molecule has 0 saturated carbocycles. The van der Waals surface area contributed by atoms with Gasteiger partial charge in [0.1, 0.15) is 0 Å². The lowest BCUT2D eigenvalue weighted by Gasteiger charge is -2.44. The molecular weight excluding hydrogens is 567 g/mol. The Labute approximate surface area is 169 Å². The van der Waals surface area contributed by atoms with Gasteiger partial charge in [0, 0.05) is 0 Å². The summed E-state index contributed by atoms with van der Waals surface area (Å²) in [5.41, 5.74) is 0. The van der Waals surface area contributed by atoms with Crippen LogP contribution < -0.4 is 0 Å². The van der Waals surface area contributed by atoms with Crippen LogP contribution in [-0.2, 0) is 0 Å². The summed E-state index contributed by atoms with van der Waals surface area (Å²) in [7, 11) is 0. The highest BCUT2D eigenvalue weighted by molar-refractivity contribution is 7.94. The summed E-state index contributed by atoms with van der Waals surface area (Å²) in [6.07, 6.45) is -8.01. The van der Waals surface area contributed by atoms with Crippen LogP contribution in [-0.4, -0.2) is 63.4 Å². The van der Waals surface area contributed by atoms with Gasteiger partial charge in [-0.25, -0.2) is 0 Å². The maximum atomic E-state index is 13.2. The van der Waals surface area contributed by atoms with Crippen LogP contribution >= 0.6 is 12.0 Å². The standard InChI is InChI=1S/C10HF21OS/c11-1(12,3(15,16)5(19,20)7(23,24)9(27,28)29)2(13,14)4(17,18)6(21,22)8(25,26)10(30,31)33-32/h32H. The van der Waals surface area contributed by atoms with Crippen molar-refractivity contribution in [1.29, 1.82) is 0 Å². The Kier molecular flexibility index (Phi) is 7.40. The van der Waals surface area contributed by atoms with Crippen LogP contribution in [0.2, 0.25) is 0 Å². The van der Waals surface area contributed by atoms with E-state index in [9.17, 15) is 92.2 Å². The number of alkyl halides is 21. The molecule has 1 N–H and O–H groups in total. The number of halogens is 21. The predicted molar refractivity (Wildman–Crippen MR) is 60.8 cm³/mol. The summed E-state index contributed by atoms with van der Waals surface area (Å²) in [6, 6.07) is 0. The van der Waals surface area contributed by atoms with Crippen molar-refractivity contribution in [1.82, 2.24) is 0 Å². The zero-order valence-electron chi connectivity index (χ0n) is 13.8. The van der Waals surface area contributed by atoms with Crippen molar-refractivity contribution in [2.24, 2.45) is 0 Å². The van der Waals surface area contributed by atoms with Crippen molar-refractivity contribution in [2.45, 2.75) is 58.8 Å². The van der Waals surface area contributed by atoms with Crippen LogP contribution in [0.25, 0.3) is 0 Å². The van der Waals surface area contributed by atoms with Gasteiger partial charge in [0.15, 0.2) is 0 Å². The molecule has 0 rings (SSSR count). The predicted octanol–water partition coefficient (Wildman–Crippen LogP) is 7.43. The van der Waals surface area contributed by atoms with Crippen molar-refractivity contribution in [3.63, 3.8) is 0 Å². The quantitative estimate of drug-likeness (QED) is 0.231. The molecule has 23 heteroatoms. The van der Waals surface area contributed by atoms with E-state index in [-0.39, 0.29) is 0 Å². The van der Waals surface area contributed by atoms with Crippen LogP contribution in [0, 0.1) is 0 Å². The summed E-state index contributed by atoms with van der Waals surface area (Å²) in [4.78, 5) is 0. The molecule has 33 heavy (non-hydrogen) atoms. The van der Waals surface area contributed by atoms with Crippen molar-refractivity contribution < 1.29 is 96.8 Å². The van der Waals surface area contributed by atoms with Crippen LogP contribution in [0.3, 0.4) is 0 Å². The van der Waals surface area contributed by atoms with E-state index in [1.807, 2.05) is 0 Å². The fourth-order valence-electron chi connectivity index (χ4n) is 1.60. The van der Waals surface area contributed by atoms with E-state index < -0.39 is 70.9 Å². The molecule has 0 aromatic rings. The minimum atomic E-state index is -9.19. The molecule has 0 unspecified atom stereocenters. The Bertz CT molecular complexity index is 719. The van der Waals surface area contributed by atoms with Crippen molar-refractivity contribution in [2.75, 3.05) is 0 Å². The summed E-state index contributed by atoms with van der Waals surface area (Å²) < 4.78 is 277. The molecule has 0 bridgehead atoms. The molecule has 0 aromatic carbocycles. The van der Waals surface area contributed by atoms with Gasteiger partial charge in [0.05, 0.1) is 12.0 Å². The zero-order chi connectivity index (χ0) is 27.7. The molecule has 1 nitrogen and oxygen atoms in total. The summed E-state index contributed by atoms with van der Waals surface area (Å²) in [5.74, 6) is -70.6. The van der Waals surface area contributed by atoms with Gasteiger partial charge in [0.25, 0.3) is 0 Å². The lowest BCUT2D eigenvalue weighted by atomic mass is 9.87. The van der Waals surface area contributed by atoms with Gasteiger partial charge in [-0.1, -0.05) is 0 Å². The fraction of sp³-hybridized carbons (Fsp3) is 1.00. The minimum Gasteiger partial charge on any atom is -0.325 e. The van der Waals surface area contributed by atoms with Gasteiger partial charge in [-0.15, -0.1) is 0 Å². The van der Waals surface area contributed by atoms with Crippen LogP contribution in [0.4, 0.5) is 92.2 Å². The first-order valence-electron chi connectivity index (χ1n) is 6.61. The Hall–Kier alpha value is -1.16. The van der Waals surface area contributed by atoms with E-state index in [4.69, 9.17) is 4.55 Å². The summed E-state index contributed by atoms with van der Waals surface area (Å²) in [6.45, 7) is 0. The first-order chi connectivity index (χ1) is 13.8. The molecule has 0 fully saturated rings. The van der Waals surface area contributed by atoms with Crippen LogP contribution in [0.5, 0.6) is 0 Å². The highest BCUT2D eigenvalue weighted by atomic mass is 32.2. The van der Waals surface area contributed by atoms with Crippen molar-refractivity contribution in [3.8, 4) is 0 Å². The topological polar surface area (TPSA) is 20.2 Å². The van der Waals surface area contributed by atoms with Gasteiger partial charge in [-0.2, -0.15) is 92.2 Å². The third-order valence-corrected chi connectivity index (χ3v) is 4.08. The zero-order valence-corrected chi connectivity index (χ0v) is 14.6. The number of hydrogen-bond acceptors (Lipinski definition) is 2. The molecule has 0 spiro atoms. The molecule has 0 heterocycles. The second-order valence-electron chi connectivity index (χ2n) is 5.70. The molecule has 0 amide bonds. The van der Waals surface area contributed by atoms with Gasteiger partial charge in [0.2, 0.25) is 0 Å². The SMILES string of the molecule is OSC(F)(F)C(F)(F)C(F)(F)C(F)(F)C(F)(F)C(F)(F)C(F)(F)C(F)(F)C(F)(F)C(F)(F)F. The minimum absolute atomic E-state index is 2.81. The molecule has 0 aliphatic carbocycles. The molecule has 0 saturated heterocycles. The number of rotatable bonds is 9. The molecule has 200 valence electrons. The second-order valence-corrected chi connectivity index (χ2v) is 6.40. The first kappa shape index (κ1) is 31.8.